The first-order chi connectivity index (χ1) is 20.7. The summed E-state index contributed by atoms with van der Waals surface area (Å²) in [6.07, 6.45) is 1.61. The average molecular weight is 664 g/mol. The van der Waals surface area contributed by atoms with Gasteiger partial charge in [-0.2, -0.15) is 4.98 Å². The van der Waals surface area contributed by atoms with Gasteiger partial charge in [0.15, 0.2) is 10.8 Å². The normalized spacial score (nSPS) is 18.7. The number of nitrogens with two attached hydrogens (primary N) is 2. The van der Waals surface area contributed by atoms with Gasteiger partial charge in [0.25, 0.3) is 28.9 Å². The predicted molar refractivity (Wildman–Crippen MR) is 160 cm³/mol. The van der Waals surface area contributed by atoms with Crippen LogP contribution in [0.5, 0.6) is 0 Å². The fraction of sp³-hybridized carbons (Fsp3) is 0.375. The SMILES string of the molecule is Cc1c(N)nc(SCC2=C(C(=O)O)N3C(=O)C(NC(=O)/C(=N\OC(C)(C)C(=O)O)c4csc(N)n4)C3SC2)n2nc[n+](C)c12. The van der Waals surface area contributed by atoms with Crippen molar-refractivity contribution in [1.82, 2.24) is 29.8 Å². The number of β-lactam (4-membered cyclic amide) rings is 1. The molecule has 5 rings (SSSR count). The van der Waals surface area contributed by atoms with Gasteiger partial charge in [-0.3, -0.25) is 14.5 Å². The number of thiazole rings is 1. The second kappa shape index (κ2) is 11.6. The summed E-state index contributed by atoms with van der Waals surface area (Å²) in [5.74, 6) is -3.37. The van der Waals surface area contributed by atoms with Crippen LogP contribution in [0.4, 0.5) is 10.9 Å². The van der Waals surface area contributed by atoms with Crippen LogP contribution < -0.4 is 21.4 Å². The zero-order chi connectivity index (χ0) is 32.1. The lowest BCUT2D eigenvalue weighted by Crippen LogP contribution is -2.71. The monoisotopic (exact) mass is 663 g/mol. The molecule has 20 heteroatoms. The van der Waals surface area contributed by atoms with Gasteiger partial charge in [0.1, 0.15) is 28.6 Å². The van der Waals surface area contributed by atoms with E-state index >= 15 is 0 Å². The molecule has 2 unspecified atom stereocenters. The lowest BCUT2D eigenvalue weighted by atomic mass is 10.0. The van der Waals surface area contributed by atoms with Gasteiger partial charge in [0, 0.05) is 22.0 Å². The maximum absolute atomic E-state index is 13.3. The number of carbonyl (C=O) groups is 4. The summed E-state index contributed by atoms with van der Waals surface area (Å²) in [5, 5.41) is 31.4. The maximum Gasteiger partial charge on any atom is 0.352 e. The first kappa shape index (κ1) is 31.0. The molecule has 0 radical (unpaired) electrons. The Balaban J connectivity index is 1.35. The number of fused-ring (bicyclic) bond motifs is 2. The second-order valence-electron chi connectivity index (χ2n) is 10.2. The van der Waals surface area contributed by atoms with Crippen LogP contribution in [0.1, 0.15) is 25.1 Å². The summed E-state index contributed by atoms with van der Waals surface area (Å²) in [7, 11) is 1.82. The summed E-state index contributed by atoms with van der Waals surface area (Å²) in [5.41, 5.74) is 11.4. The van der Waals surface area contributed by atoms with Gasteiger partial charge < -0.3 is 31.8 Å². The summed E-state index contributed by atoms with van der Waals surface area (Å²) in [4.78, 5) is 65.1. The van der Waals surface area contributed by atoms with E-state index in [2.05, 4.69) is 25.5 Å². The predicted octanol–water partition coefficient (Wildman–Crippen LogP) is -0.402. The number of aromatic nitrogens is 5. The van der Waals surface area contributed by atoms with Gasteiger partial charge in [-0.05, 0) is 30.9 Å². The van der Waals surface area contributed by atoms with Crippen molar-refractivity contribution in [2.75, 3.05) is 23.0 Å². The van der Waals surface area contributed by atoms with Crippen LogP contribution in [0, 0.1) is 6.92 Å². The number of carbonyl (C=O) groups excluding carboxylic acids is 2. The number of aryl methyl sites for hydroxylation is 2. The zero-order valence-corrected chi connectivity index (χ0v) is 26.1. The summed E-state index contributed by atoms with van der Waals surface area (Å²) in [6, 6.07) is -1.09. The van der Waals surface area contributed by atoms with Gasteiger partial charge in [0.2, 0.25) is 5.60 Å². The summed E-state index contributed by atoms with van der Waals surface area (Å²) >= 11 is 3.53. The van der Waals surface area contributed by atoms with Crippen molar-refractivity contribution in [3.05, 3.63) is 34.2 Å². The Morgan fingerprint density at radius 2 is 2.02 bits per heavy atom. The van der Waals surface area contributed by atoms with Gasteiger partial charge in [-0.25, -0.2) is 19.1 Å². The highest BCUT2D eigenvalue weighted by molar-refractivity contribution is 8.01. The molecule has 44 heavy (non-hydrogen) atoms. The third-order valence-corrected chi connectivity index (χ3v) is 9.79. The minimum absolute atomic E-state index is 0.0155. The first-order valence-electron chi connectivity index (χ1n) is 12.7. The number of thioether (sulfide) groups is 2. The van der Waals surface area contributed by atoms with Crippen molar-refractivity contribution < 1.29 is 38.8 Å². The van der Waals surface area contributed by atoms with E-state index in [0.717, 1.165) is 27.4 Å². The third-order valence-electron chi connectivity index (χ3n) is 6.76. The molecule has 2 aliphatic rings. The minimum Gasteiger partial charge on any atom is -0.478 e. The molecule has 3 aromatic heterocycles. The molecule has 1 saturated heterocycles. The van der Waals surface area contributed by atoms with Crippen molar-refractivity contribution in [1.29, 1.82) is 0 Å². The lowest BCUT2D eigenvalue weighted by Gasteiger charge is -2.49. The van der Waals surface area contributed by atoms with E-state index in [1.165, 1.54) is 42.8 Å². The molecule has 0 aliphatic carbocycles. The Morgan fingerprint density at radius 1 is 1.30 bits per heavy atom. The molecule has 1 fully saturated rings. The fourth-order valence-corrected chi connectivity index (χ4v) is 7.33. The molecule has 2 aliphatic heterocycles. The Morgan fingerprint density at radius 3 is 2.66 bits per heavy atom. The van der Waals surface area contributed by atoms with Crippen molar-refractivity contribution in [2.45, 2.75) is 42.9 Å². The number of amides is 2. The molecule has 0 bridgehead atoms. The number of rotatable bonds is 10. The molecule has 5 heterocycles. The molecule has 0 spiro atoms. The third kappa shape index (κ3) is 5.50. The van der Waals surface area contributed by atoms with E-state index in [1.807, 2.05) is 14.0 Å². The van der Waals surface area contributed by atoms with Gasteiger partial charge in [-0.1, -0.05) is 16.9 Å². The van der Waals surface area contributed by atoms with E-state index in [1.54, 1.807) is 15.4 Å². The van der Waals surface area contributed by atoms with E-state index in [-0.39, 0.29) is 28.0 Å². The number of nitrogen functional groups attached to an aromatic ring is 2. The average Bonchev–Trinajstić information content (AvgIpc) is 3.57. The Kier molecular flexibility index (Phi) is 8.16. The highest BCUT2D eigenvalue weighted by atomic mass is 32.2. The number of carboxylic acids is 2. The highest BCUT2D eigenvalue weighted by Gasteiger charge is 2.54. The molecular formula is C24H27N10O7S3+. The van der Waals surface area contributed by atoms with Crippen LogP contribution in [0.15, 0.2) is 33.3 Å². The second-order valence-corrected chi connectivity index (χ2v) is 13.1. The molecule has 0 aromatic carbocycles. The molecule has 2 amide bonds. The number of anilines is 2. The summed E-state index contributed by atoms with van der Waals surface area (Å²) < 4.78 is 3.42. The number of nitrogens with zero attached hydrogens (tertiary/aromatic N) is 7. The molecule has 3 aromatic rings. The standard InChI is InChI=1S/C24H26N10O7S3/c1-9-15(25)30-23(34-17(9)32(4)8-27-34)44-6-10-5-42-19-13(18(36)33(19)14(10)20(37)38)29-16(35)12(11-7-43-22(26)28-11)31-41-24(2,3)21(39)40/h7-8,13,19,25H,5-6H2,1-4H3,(H5,26,28,29,35,37,38,39,40)/p+1/b31-12-. The van der Waals surface area contributed by atoms with Crippen LogP contribution in [0.25, 0.3) is 5.65 Å². The van der Waals surface area contributed by atoms with E-state index in [0.29, 0.717) is 16.5 Å². The molecule has 2 atom stereocenters. The zero-order valence-electron chi connectivity index (χ0n) is 23.7. The number of oxime groups is 1. The number of hydrogen-bond donors (Lipinski definition) is 5. The first-order valence-corrected chi connectivity index (χ1v) is 15.7. The van der Waals surface area contributed by atoms with Crippen molar-refractivity contribution >= 4 is 80.9 Å². The van der Waals surface area contributed by atoms with Gasteiger partial charge >= 0.3 is 11.9 Å². The molecule has 0 saturated carbocycles. The highest BCUT2D eigenvalue weighted by Crippen LogP contribution is 2.41. The van der Waals surface area contributed by atoms with Crippen molar-refractivity contribution in [3.8, 4) is 0 Å². The molecule has 17 nitrogen and oxygen atoms in total. The topological polar surface area (TPSA) is 245 Å². The van der Waals surface area contributed by atoms with Crippen molar-refractivity contribution in [2.24, 2.45) is 12.2 Å². The number of hydrogen-bond acceptors (Lipinski definition) is 14. The van der Waals surface area contributed by atoms with E-state index in [9.17, 15) is 29.4 Å². The van der Waals surface area contributed by atoms with Gasteiger partial charge in [-0.15, -0.1) is 23.1 Å². The van der Waals surface area contributed by atoms with Crippen LogP contribution in [-0.2, 0) is 31.1 Å². The van der Waals surface area contributed by atoms with Crippen LogP contribution in [0.2, 0.25) is 0 Å². The number of carboxylic acid groups (broad SMARTS) is 2. The van der Waals surface area contributed by atoms with Crippen LogP contribution >= 0.6 is 34.9 Å². The Hall–Kier alpha value is -4.43. The van der Waals surface area contributed by atoms with Crippen LogP contribution in [0.3, 0.4) is 0 Å². The quantitative estimate of drug-likeness (QED) is 0.0463. The Bertz CT molecular complexity index is 1780. The van der Waals surface area contributed by atoms with E-state index < -0.39 is 46.5 Å². The maximum atomic E-state index is 13.3. The lowest BCUT2D eigenvalue weighted by molar-refractivity contribution is -0.646. The Labute approximate surface area is 261 Å². The van der Waals surface area contributed by atoms with Crippen LogP contribution in [-0.4, -0.2) is 92.7 Å². The minimum atomic E-state index is -1.77. The van der Waals surface area contributed by atoms with Gasteiger partial charge in [0.05, 0.1) is 12.6 Å². The number of nitrogens with one attached hydrogen (secondary N) is 1. The molecule has 7 N–H and O–H groups in total. The summed E-state index contributed by atoms with van der Waals surface area (Å²) in [6.45, 7) is 4.31. The largest absolute Gasteiger partial charge is 0.478 e. The van der Waals surface area contributed by atoms with Crippen molar-refractivity contribution in [3.63, 3.8) is 0 Å². The fourth-order valence-electron chi connectivity index (χ4n) is 4.35. The smallest absolute Gasteiger partial charge is 0.352 e. The number of aliphatic carboxylic acids is 2. The molecule has 232 valence electrons. The van der Waals surface area contributed by atoms with E-state index in [4.69, 9.17) is 16.3 Å². The molecular weight excluding hydrogens is 637 g/mol.